The van der Waals surface area contributed by atoms with Gasteiger partial charge in [0.2, 0.25) is 0 Å². The molecule has 1 radical (unpaired) electrons. The van der Waals surface area contributed by atoms with E-state index in [0.717, 1.165) is 0 Å². The second-order valence-corrected chi connectivity index (χ2v) is 0.707. The second-order valence-electron chi connectivity index (χ2n) is 0.707. The molecule has 21 valence electrons. The smallest absolute Gasteiger partial charge is 0 e. The van der Waals surface area contributed by atoms with E-state index < -0.39 is 0 Å². The fourth-order valence-corrected chi connectivity index (χ4v) is 0. The summed E-state index contributed by atoms with van der Waals surface area (Å²) in [4.78, 5) is 0. The average Bonchev–Trinajstić information content (AvgIpc) is 1.46. The zero-order valence-electron chi connectivity index (χ0n) is 2.31. The van der Waals surface area contributed by atoms with Gasteiger partial charge in [-0.3, -0.25) is 0 Å². The van der Waals surface area contributed by atoms with Crippen molar-refractivity contribution in [2.24, 2.45) is 0 Å². The van der Waals surface area contributed by atoms with Crippen LogP contribution in [-0.4, -0.2) is 0 Å². The van der Waals surface area contributed by atoms with Gasteiger partial charge in [0.1, 0.15) is 0 Å². The molecule has 0 unspecified atom stereocenters. The molecule has 0 bridgehead atoms. The van der Waals surface area contributed by atoms with Crippen molar-refractivity contribution in [3.05, 3.63) is 12.2 Å². The van der Waals surface area contributed by atoms with E-state index >= 15 is 0 Å². The summed E-state index contributed by atoms with van der Waals surface area (Å²) in [5, 5.41) is 0. The van der Waals surface area contributed by atoms with E-state index in [-0.39, 0.29) is 18.6 Å². The van der Waals surface area contributed by atoms with Crippen molar-refractivity contribution in [2.45, 2.75) is 6.42 Å². The third-order valence-corrected chi connectivity index (χ3v) is 0.236. The van der Waals surface area contributed by atoms with E-state index in [9.17, 15) is 0 Å². The Morgan fingerprint density at radius 1 is 1.25 bits per heavy atom. The molecular weight excluding hydrogens is 87.0 g/mol. The quantitative estimate of drug-likeness (QED) is 0.389. The maximum absolute atomic E-state index is 2.12. The molecule has 0 heterocycles. The molecule has 1 heteroatoms. The Hall–Kier alpha value is 0.324. The minimum absolute atomic E-state index is 0. The number of rotatable bonds is 0. The van der Waals surface area contributed by atoms with E-state index in [4.69, 9.17) is 0 Å². The first kappa shape index (κ1) is 4.32. The Bertz CT molecular complexity index is 26.3. The van der Waals surface area contributed by atoms with Crippen LogP contribution in [0.15, 0.2) is 12.2 Å². The van der Waals surface area contributed by atoms with Crippen LogP contribution in [0.2, 0.25) is 0 Å². The fraction of sp³-hybridized carbons (Fsp3) is 0.333. The Kier molecular flexibility index (Phi) is 1.76. The van der Waals surface area contributed by atoms with Crippen molar-refractivity contribution in [2.75, 3.05) is 0 Å². The maximum Gasteiger partial charge on any atom is 0 e. The first-order valence-corrected chi connectivity index (χ1v) is 1.15. The minimum Gasteiger partial charge on any atom is -0.0844 e. The van der Waals surface area contributed by atoms with Crippen LogP contribution < -0.4 is 0 Å². The van der Waals surface area contributed by atoms with Gasteiger partial charge < -0.3 is 0 Å². The summed E-state index contributed by atoms with van der Waals surface area (Å²) < 4.78 is 0. The predicted octanol–water partition coefficient (Wildman–Crippen LogP) is 0.944. The summed E-state index contributed by atoms with van der Waals surface area (Å²) >= 11 is 0. The van der Waals surface area contributed by atoms with Crippen molar-refractivity contribution in [3.63, 3.8) is 0 Å². The minimum atomic E-state index is 0. The van der Waals surface area contributed by atoms with Crippen LogP contribution in [-0.2, 0) is 18.6 Å². The van der Waals surface area contributed by atoms with Crippen LogP contribution >= 0.6 is 0 Å². The van der Waals surface area contributed by atoms with Crippen molar-refractivity contribution < 1.29 is 18.6 Å². The van der Waals surface area contributed by atoms with Gasteiger partial charge in [-0.05, 0) is 6.42 Å². The molecule has 0 aromatic heterocycles. The Labute approximate surface area is 37.8 Å². The van der Waals surface area contributed by atoms with Crippen LogP contribution in [0.3, 0.4) is 0 Å². The van der Waals surface area contributed by atoms with Gasteiger partial charge in [-0.25, -0.2) is 0 Å². The fourth-order valence-electron chi connectivity index (χ4n) is 0. The normalized spacial score (nSPS) is 14.0. The average molecular weight is 91.0 g/mol. The molecule has 0 amide bonds. The molecule has 0 aromatic carbocycles. The third-order valence-electron chi connectivity index (χ3n) is 0.236. The van der Waals surface area contributed by atoms with Crippen molar-refractivity contribution in [3.8, 4) is 0 Å². The summed E-state index contributed by atoms with van der Waals surface area (Å²) in [6.07, 6.45) is 5.50. The molecule has 1 rings (SSSR count). The van der Waals surface area contributed by atoms with Gasteiger partial charge in [-0.15, -0.1) is 0 Å². The van der Waals surface area contributed by atoms with E-state index in [1.807, 2.05) is 0 Å². The van der Waals surface area contributed by atoms with Gasteiger partial charge in [0.25, 0.3) is 0 Å². The Morgan fingerprint density at radius 2 is 1.50 bits per heavy atom. The molecule has 0 nitrogen and oxygen atoms in total. The van der Waals surface area contributed by atoms with E-state index in [2.05, 4.69) is 12.2 Å². The molecule has 1 aliphatic carbocycles. The number of hydrogen-bond donors (Lipinski definition) is 0. The summed E-state index contributed by atoms with van der Waals surface area (Å²) in [6.45, 7) is 0. The van der Waals surface area contributed by atoms with Gasteiger partial charge in [-0.2, -0.15) is 0 Å². The predicted molar refractivity (Wildman–Crippen MR) is 13.8 cm³/mol. The summed E-state index contributed by atoms with van der Waals surface area (Å²) in [5.74, 6) is 0. The van der Waals surface area contributed by atoms with Crippen molar-refractivity contribution in [1.29, 1.82) is 0 Å². The third kappa shape index (κ3) is 2.32. The van der Waals surface area contributed by atoms with E-state index in [1.165, 1.54) is 6.42 Å². The Morgan fingerprint density at radius 3 is 1.50 bits per heavy atom. The molecule has 1 aliphatic rings. The monoisotopic (exact) mass is 91.0 g/mol. The number of hydrogen-bond acceptors (Lipinski definition) is 0. The Balaban J connectivity index is 0.0000000900. The van der Waals surface area contributed by atoms with Crippen molar-refractivity contribution in [1.82, 2.24) is 0 Å². The van der Waals surface area contributed by atoms with Gasteiger partial charge in [0.05, 0.1) is 0 Å². The molecule has 4 heavy (non-hydrogen) atoms. The standard InChI is InChI=1S/C3H4.V/c1-2-3-1;/h1-2H,3H2;. The maximum atomic E-state index is 2.12. The van der Waals surface area contributed by atoms with Crippen LogP contribution in [0.25, 0.3) is 0 Å². The second kappa shape index (κ2) is 1.63. The van der Waals surface area contributed by atoms with Crippen LogP contribution in [0, 0.1) is 0 Å². The van der Waals surface area contributed by atoms with Crippen LogP contribution in [0.1, 0.15) is 6.42 Å². The van der Waals surface area contributed by atoms with E-state index in [0.29, 0.717) is 0 Å². The van der Waals surface area contributed by atoms with Gasteiger partial charge in [0.15, 0.2) is 0 Å². The van der Waals surface area contributed by atoms with Gasteiger partial charge >= 0.3 is 0 Å². The molecule has 0 atom stereocenters. The molecule has 0 spiro atoms. The molecule has 0 N–H and O–H groups in total. The van der Waals surface area contributed by atoms with Gasteiger partial charge in [0, 0.05) is 18.6 Å². The molecular formula is C3H4V. The number of allylic oxidation sites excluding steroid dienone is 2. The zero-order chi connectivity index (χ0) is 2.12. The van der Waals surface area contributed by atoms with Crippen LogP contribution in [0.4, 0.5) is 0 Å². The molecule has 0 fully saturated rings. The molecule has 0 saturated heterocycles. The SMILES string of the molecule is C1=CC1.[V]. The first-order valence-electron chi connectivity index (χ1n) is 1.15. The van der Waals surface area contributed by atoms with E-state index in [1.54, 1.807) is 0 Å². The largest absolute Gasteiger partial charge is 0.0844 e. The topological polar surface area (TPSA) is 0 Å². The molecule has 0 aliphatic heterocycles. The first-order chi connectivity index (χ1) is 1.50. The summed E-state index contributed by atoms with van der Waals surface area (Å²) in [6, 6.07) is 0. The summed E-state index contributed by atoms with van der Waals surface area (Å²) in [7, 11) is 0. The molecule has 0 saturated carbocycles. The van der Waals surface area contributed by atoms with Gasteiger partial charge in [-0.1, -0.05) is 12.2 Å². The van der Waals surface area contributed by atoms with Crippen molar-refractivity contribution >= 4 is 0 Å². The van der Waals surface area contributed by atoms with Crippen LogP contribution in [0.5, 0.6) is 0 Å². The summed E-state index contributed by atoms with van der Waals surface area (Å²) in [5.41, 5.74) is 0. The molecule has 0 aromatic rings. The zero-order valence-corrected chi connectivity index (χ0v) is 3.71.